The predicted molar refractivity (Wildman–Crippen MR) is 55.3 cm³/mol. The van der Waals surface area contributed by atoms with E-state index in [4.69, 9.17) is 9.84 Å². The maximum absolute atomic E-state index is 8.90. The van der Waals surface area contributed by atoms with Gasteiger partial charge in [-0.1, -0.05) is 0 Å². The summed E-state index contributed by atoms with van der Waals surface area (Å²) in [6, 6.07) is 0.621. The van der Waals surface area contributed by atoms with Crippen molar-refractivity contribution in [1.29, 1.82) is 0 Å². The summed E-state index contributed by atoms with van der Waals surface area (Å²) >= 11 is 0. The number of hydrogen-bond acceptors (Lipinski definition) is 3. The lowest BCUT2D eigenvalue weighted by Gasteiger charge is -2.49. The molecule has 2 fully saturated rings. The Kier molecular flexibility index (Phi) is 3.10. The lowest BCUT2D eigenvalue weighted by Crippen LogP contribution is -2.51. The molecule has 1 saturated carbocycles. The summed E-state index contributed by atoms with van der Waals surface area (Å²) in [5.74, 6) is 0. The Labute approximate surface area is 86.0 Å². The molecule has 1 saturated heterocycles. The van der Waals surface area contributed by atoms with Gasteiger partial charge in [0.1, 0.15) is 0 Å². The molecule has 1 N–H and O–H groups in total. The van der Waals surface area contributed by atoms with Gasteiger partial charge in [-0.15, -0.1) is 0 Å². The number of nitrogens with zero attached hydrogens (tertiary/aromatic N) is 1. The van der Waals surface area contributed by atoms with Crippen LogP contribution in [0.5, 0.6) is 0 Å². The molecule has 2 rings (SSSR count). The number of ether oxygens (including phenoxy) is 1. The van der Waals surface area contributed by atoms with Crippen molar-refractivity contribution >= 4 is 0 Å². The zero-order valence-corrected chi connectivity index (χ0v) is 9.04. The Morgan fingerprint density at radius 3 is 2.86 bits per heavy atom. The molecule has 1 aliphatic carbocycles. The van der Waals surface area contributed by atoms with Crippen molar-refractivity contribution < 1.29 is 9.84 Å². The van der Waals surface area contributed by atoms with Crippen molar-refractivity contribution in [3.05, 3.63) is 0 Å². The van der Waals surface area contributed by atoms with Gasteiger partial charge >= 0.3 is 0 Å². The normalized spacial score (nSPS) is 30.6. The fourth-order valence-electron chi connectivity index (χ4n) is 2.64. The fourth-order valence-corrected chi connectivity index (χ4v) is 2.64. The topological polar surface area (TPSA) is 32.7 Å². The summed E-state index contributed by atoms with van der Waals surface area (Å²) in [4.78, 5) is 2.28. The Morgan fingerprint density at radius 2 is 2.29 bits per heavy atom. The van der Waals surface area contributed by atoms with Crippen LogP contribution in [0.2, 0.25) is 0 Å². The first-order valence-electron chi connectivity index (χ1n) is 5.71. The maximum Gasteiger partial charge on any atom is 0.0697 e. The summed E-state index contributed by atoms with van der Waals surface area (Å²) in [5, 5.41) is 8.90. The van der Waals surface area contributed by atoms with Crippen LogP contribution in [-0.4, -0.2) is 48.5 Å². The van der Waals surface area contributed by atoms with Gasteiger partial charge in [-0.3, -0.25) is 0 Å². The van der Waals surface area contributed by atoms with Crippen LogP contribution in [0.15, 0.2) is 0 Å². The Bertz CT molecular complexity index is 192. The largest absolute Gasteiger partial charge is 0.395 e. The van der Waals surface area contributed by atoms with Crippen LogP contribution in [0.3, 0.4) is 0 Å². The average molecular weight is 199 g/mol. The highest BCUT2D eigenvalue weighted by Crippen LogP contribution is 2.43. The number of aliphatic hydroxyl groups is 1. The Hall–Kier alpha value is -0.120. The summed E-state index contributed by atoms with van der Waals surface area (Å²) in [6.45, 7) is 1.96. The van der Waals surface area contributed by atoms with E-state index in [1.807, 2.05) is 0 Å². The monoisotopic (exact) mass is 199 g/mol. The summed E-state index contributed by atoms with van der Waals surface area (Å²) in [7, 11) is 2.11. The van der Waals surface area contributed by atoms with Gasteiger partial charge in [0.05, 0.1) is 12.2 Å². The van der Waals surface area contributed by atoms with Gasteiger partial charge in [0, 0.05) is 19.2 Å². The van der Waals surface area contributed by atoms with Crippen molar-refractivity contribution in [3.63, 3.8) is 0 Å². The molecule has 1 atom stereocenters. The van der Waals surface area contributed by atoms with Crippen molar-refractivity contribution in [3.8, 4) is 0 Å². The molecule has 3 nitrogen and oxygen atoms in total. The Balaban J connectivity index is 1.87. The lowest BCUT2D eigenvalue weighted by molar-refractivity contribution is -0.147. The molecule has 2 aliphatic rings. The van der Waals surface area contributed by atoms with Gasteiger partial charge < -0.3 is 14.7 Å². The highest BCUT2D eigenvalue weighted by atomic mass is 16.5. The van der Waals surface area contributed by atoms with Crippen LogP contribution in [0.1, 0.15) is 32.1 Å². The first-order chi connectivity index (χ1) is 6.76. The third-order valence-corrected chi connectivity index (χ3v) is 3.81. The van der Waals surface area contributed by atoms with Crippen molar-refractivity contribution in [2.45, 2.75) is 43.7 Å². The second-order valence-electron chi connectivity index (χ2n) is 4.74. The van der Waals surface area contributed by atoms with E-state index in [9.17, 15) is 0 Å². The van der Waals surface area contributed by atoms with Gasteiger partial charge in [-0.25, -0.2) is 0 Å². The number of hydrogen-bond donors (Lipinski definition) is 1. The highest BCUT2D eigenvalue weighted by Gasteiger charge is 2.43. The lowest BCUT2D eigenvalue weighted by atomic mass is 9.73. The number of likely N-dealkylation sites (N-methyl/N-ethyl adjacent to an activating group) is 1. The van der Waals surface area contributed by atoms with Gasteiger partial charge in [0.15, 0.2) is 0 Å². The smallest absolute Gasteiger partial charge is 0.0697 e. The molecule has 0 radical (unpaired) electrons. The van der Waals surface area contributed by atoms with Gasteiger partial charge in [0.2, 0.25) is 0 Å². The fraction of sp³-hybridized carbons (Fsp3) is 1.00. The quantitative estimate of drug-likeness (QED) is 0.736. The van der Waals surface area contributed by atoms with E-state index in [-0.39, 0.29) is 12.2 Å². The minimum atomic E-state index is 0.229. The van der Waals surface area contributed by atoms with Crippen molar-refractivity contribution in [1.82, 2.24) is 4.90 Å². The van der Waals surface area contributed by atoms with Gasteiger partial charge in [0.25, 0.3) is 0 Å². The second kappa shape index (κ2) is 4.17. The zero-order chi connectivity index (χ0) is 10.0. The third kappa shape index (κ3) is 1.95. The highest BCUT2D eigenvalue weighted by molar-refractivity contribution is 4.96. The van der Waals surface area contributed by atoms with Crippen molar-refractivity contribution in [2.75, 3.05) is 26.8 Å². The van der Waals surface area contributed by atoms with Crippen LogP contribution in [0.25, 0.3) is 0 Å². The van der Waals surface area contributed by atoms with Gasteiger partial charge in [-0.2, -0.15) is 0 Å². The van der Waals surface area contributed by atoms with E-state index in [1.165, 1.54) is 25.7 Å². The summed E-state index contributed by atoms with van der Waals surface area (Å²) in [6.07, 6.45) is 6.12. The molecule has 82 valence electrons. The van der Waals surface area contributed by atoms with E-state index >= 15 is 0 Å². The molecule has 1 heterocycles. The molecule has 0 aromatic carbocycles. The second-order valence-corrected chi connectivity index (χ2v) is 4.74. The molecular weight excluding hydrogens is 178 g/mol. The molecule has 0 aromatic heterocycles. The van der Waals surface area contributed by atoms with Gasteiger partial charge in [-0.05, 0) is 39.2 Å². The SMILES string of the molecule is CN(CCO)C1CCOC2(CCC2)C1. The number of rotatable bonds is 3. The van der Waals surface area contributed by atoms with Crippen molar-refractivity contribution in [2.24, 2.45) is 0 Å². The average Bonchev–Trinajstić information content (AvgIpc) is 2.16. The van der Waals surface area contributed by atoms with E-state index in [0.717, 1.165) is 19.6 Å². The third-order valence-electron chi connectivity index (χ3n) is 3.81. The first-order valence-corrected chi connectivity index (χ1v) is 5.71. The molecule has 1 aliphatic heterocycles. The van der Waals surface area contributed by atoms with E-state index in [2.05, 4.69) is 11.9 Å². The summed E-state index contributed by atoms with van der Waals surface area (Å²) < 4.78 is 5.87. The molecule has 0 aromatic rings. The number of aliphatic hydroxyl groups excluding tert-OH is 1. The minimum Gasteiger partial charge on any atom is -0.395 e. The van der Waals surface area contributed by atoms with E-state index < -0.39 is 0 Å². The molecular formula is C11H21NO2. The molecule has 0 bridgehead atoms. The van der Waals surface area contributed by atoms with Crippen LogP contribution < -0.4 is 0 Å². The van der Waals surface area contributed by atoms with E-state index in [1.54, 1.807) is 0 Å². The first kappa shape index (κ1) is 10.4. The minimum absolute atomic E-state index is 0.229. The molecule has 1 unspecified atom stereocenters. The van der Waals surface area contributed by atoms with E-state index in [0.29, 0.717) is 6.04 Å². The van der Waals surface area contributed by atoms with Crippen LogP contribution >= 0.6 is 0 Å². The predicted octanol–water partition coefficient (Wildman–Crippen LogP) is 1.01. The standard InChI is InChI=1S/C11H21NO2/c1-12(6-7-13)10-3-8-14-11(9-10)4-2-5-11/h10,13H,2-9H2,1H3. The van der Waals surface area contributed by atoms with Crippen LogP contribution in [0, 0.1) is 0 Å². The molecule has 14 heavy (non-hydrogen) atoms. The summed E-state index contributed by atoms with van der Waals surface area (Å²) in [5.41, 5.74) is 0.229. The maximum atomic E-state index is 8.90. The molecule has 0 amide bonds. The molecule has 1 spiro atoms. The Morgan fingerprint density at radius 1 is 1.50 bits per heavy atom. The molecule has 3 heteroatoms. The van der Waals surface area contributed by atoms with Crippen LogP contribution in [-0.2, 0) is 4.74 Å². The van der Waals surface area contributed by atoms with Crippen LogP contribution in [0.4, 0.5) is 0 Å². The zero-order valence-electron chi connectivity index (χ0n) is 9.04.